The van der Waals surface area contributed by atoms with Crippen LogP contribution in [0, 0.1) is 0 Å². The van der Waals surface area contributed by atoms with E-state index in [1.54, 1.807) is 6.07 Å². The van der Waals surface area contributed by atoms with Gasteiger partial charge in [-0.15, -0.1) is 0 Å². The average molecular weight is 224 g/mol. The van der Waals surface area contributed by atoms with E-state index >= 15 is 0 Å². The Labute approximate surface area is 115 Å². The fourth-order valence-electron chi connectivity index (χ4n) is 1.46. The normalized spacial score (nSPS) is 9.50. The SMILES string of the molecule is O=C([O-])COc1cccc2ccccc12.[Na+]. The Morgan fingerprint density at radius 1 is 1.12 bits per heavy atom. The number of carbonyl (C=O) groups is 1. The first kappa shape index (κ1) is 13.0. The van der Waals surface area contributed by atoms with Crippen molar-refractivity contribution in [2.75, 3.05) is 6.61 Å². The zero-order valence-electron chi connectivity index (χ0n) is 8.97. The number of carboxylic acids is 1. The molecule has 0 aliphatic rings. The van der Waals surface area contributed by atoms with Gasteiger partial charge in [0.1, 0.15) is 12.4 Å². The van der Waals surface area contributed by atoms with E-state index in [0.717, 1.165) is 10.8 Å². The Kier molecular flexibility index (Phi) is 4.80. The van der Waals surface area contributed by atoms with Crippen molar-refractivity contribution in [1.82, 2.24) is 0 Å². The molecule has 16 heavy (non-hydrogen) atoms. The summed E-state index contributed by atoms with van der Waals surface area (Å²) in [5.74, 6) is -0.653. The van der Waals surface area contributed by atoms with Crippen LogP contribution >= 0.6 is 0 Å². The van der Waals surface area contributed by atoms with Gasteiger partial charge in [-0.2, -0.15) is 0 Å². The summed E-state index contributed by atoms with van der Waals surface area (Å²) >= 11 is 0. The van der Waals surface area contributed by atoms with Crippen LogP contribution in [0.1, 0.15) is 0 Å². The Bertz CT molecular complexity index is 491. The van der Waals surface area contributed by atoms with Crippen molar-refractivity contribution in [3.8, 4) is 5.75 Å². The Balaban J connectivity index is 0.00000128. The summed E-state index contributed by atoms with van der Waals surface area (Å²) in [6, 6.07) is 13.2. The van der Waals surface area contributed by atoms with Gasteiger partial charge in [0.05, 0.1) is 5.97 Å². The van der Waals surface area contributed by atoms with Gasteiger partial charge in [-0.05, 0) is 11.5 Å². The third kappa shape index (κ3) is 2.98. The van der Waals surface area contributed by atoms with Crippen molar-refractivity contribution in [1.29, 1.82) is 0 Å². The minimum Gasteiger partial charge on any atom is -0.546 e. The molecule has 2 aromatic carbocycles. The largest absolute Gasteiger partial charge is 1.00 e. The molecule has 0 spiro atoms. The molecule has 0 aliphatic carbocycles. The number of carbonyl (C=O) groups excluding carboxylic acids is 1. The molecule has 0 fully saturated rings. The number of hydrogen-bond acceptors (Lipinski definition) is 3. The summed E-state index contributed by atoms with van der Waals surface area (Å²) in [7, 11) is 0. The minimum atomic E-state index is -1.22. The number of hydrogen-bond donors (Lipinski definition) is 0. The van der Waals surface area contributed by atoms with Gasteiger partial charge in [0.25, 0.3) is 0 Å². The van der Waals surface area contributed by atoms with E-state index in [4.69, 9.17) is 4.74 Å². The molecule has 0 amide bonds. The summed E-state index contributed by atoms with van der Waals surface area (Å²) in [5, 5.41) is 12.2. The third-order valence-electron chi connectivity index (χ3n) is 2.10. The molecule has 0 atom stereocenters. The van der Waals surface area contributed by atoms with E-state index in [2.05, 4.69) is 0 Å². The first-order chi connectivity index (χ1) is 7.27. The third-order valence-corrected chi connectivity index (χ3v) is 2.10. The van der Waals surface area contributed by atoms with E-state index in [1.165, 1.54) is 0 Å². The predicted octanol–water partition coefficient (Wildman–Crippen LogP) is -2.03. The maximum absolute atomic E-state index is 10.3. The van der Waals surface area contributed by atoms with Crippen molar-refractivity contribution in [2.24, 2.45) is 0 Å². The van der Waals surface area contributed by atoms with Gasteiger partial charge >= 0.3 is 29.6 Å². The molecule has 0 unspecified atom stereocenters. The van der Waals surface area contributed by atoms with Crippen LogP contribution in [0.3, 0.4) is 0 Å². The van der Waals surface area contributed by atoms with Gasteiger partial charge in [0, 0.05) is 5.39 Å². The monoisotopic (exact) mass is 224 g/mol. The van der Waals surface area contributed by atoms with Crippen LogP contribution in [0.5, 0.6) is 5.75 Å². The molecule has 0 aliphatic heterocycles. The number of aliphatic carboxylic acids is 1. The maximum Gasteiger partial charge on any atom is 1.00 e. The van der Waals surface area contributed by atoms with Crippen molar-refractivity contribution in [3.63, 3.8) is 0 Å². The van der Waals surface area contributed by atoms with Crippen LogP contribution in [0.25, 0.3) is 10.8 Å². The molecular formula is C12H9NaO3. The molecule has 0 aromatic heterocycles. The predicted molar refractivity (Wildman–Crippen MR) is 54.5 cm³/mol. The number of benzene rings is 2. The molecule has 0 bridgehead atoms. The second-order valence-electron chi connectivity index (χ2n) is 3.14. The molecule has 0 heterocycles. The molecule has 4 heteroatoms. The molecule has 0 saturated carbocycles. The van der Waals surface area contributed by atoms with Gasteiger partial charge < -0.3 is 14.6 Å². The van der Waals surface area contributed by atoms with E-state index in [-0.39, 0.29) is 29.6 Å². The number of ether oxygens (including phenoxy) is 1. The van der Waals surface area contributed by atoms with Gasteiger partial charge in [0.15, 0.2) is 0 Å². The van der Waals surface area contributed by atoms with Crippen LogP contribution in [0.2, 0.25) is 0 Å². The van der Waals surface area contributed by atoms with E-state index < -0.39 is 12.6 Å². The molecule has 76 valence electrons. The van der Waals surface area contributed by atoms with Crippen LogP contribution in [0.4, 0.5) is 0 Å². The van der Waals surface area contributed by atoms with E-state index in [1.807, 2.05) is 36.4 Å². The number of rotatable bonds is 3. The Morgan fingerprint density at radius 3 is 2.56 bits per heavy atom. The second kappa shape index (κ2) is 5.89. The smallest absolute Gasteiger partial charge is 0.546 e. The Hall–Kier alpha value is -1.03. The molecule has 2 rings (SSSR count). The zero-order valence-corrected chi connectivity index (χ0v) is 11.0. The first-order valence-corrected chi connectivity index (χ1v) is 4.58. The molecule has 0 N–H and O–H groups in total. The van der Waals surface area contributed by atoms with Crippen LogP contribution < -0.4 is 39.4 Å². The minimum absolute atomic E-state index is 0. The van der Waals surface area contributed by atoms with Gasteiger partial charge in [-0.3, -0.25) is 0 Å². The number of carboxylic acid groups (broad SMARTS) is 1. The van der Waals surface area contributed by atoms with Crippen molar-refractivity contribution in [3.05, 3.63) is 42.5 Å². The summed E-state index contributed by atoms with van der Waals surface area (Å²) in [4.78, 5) is 10.3. The van der Waals surface area contributed by atoms with Crippen molar-refractivity contribution >= 4 is 16.7 Å². The van der Waals surface area contributed by atoms with E-state index in [0.29, 0.717) is 5.75 Å². The van der Waals surface area contributed by atoms with Crippen molar-refractivity contribution in [2.45, 2.75) is 0 Å². The fourth-order valence-corrected chi connectivity index (χ4v) is 1.46. The maximum atomic E-state index is 10.3. The van der Waals surface area contributed by atoms with Gasteiger partial charge in [0.2, 0.25) is 0 Å². The molecule has 0 saturated heterocycles. The molecule has 3 nitrogen and oxygen atoms in total. The zero-order chi connectivity index (χ0) is 10.7. The van der Waals surface area contributed by atoms with Crippen molar-refractivity contribution < 1.29 is 44.2 Å². The molecular weight excluding hydrogens is 215 g/mol. The van der Waals surface area contributed by atoms with E-state index in [9.17, 15) is 9.90 Å². The quantitative estimate of drug-likeness (QED) is 0.565. The topological polar surface area (TPSA) is 49.4 Å². The summed E-state index contributed by atoms with van der Waals surface area (Å²) in [6.07, 6.45) is 0. The van der Waals surface area contributed by atoms with Crippen LogP contribution in [0.15, 0.2) is 42.5 Å². The molecule has 2 aromatic rings. The summed E-state index contributed by atoms with van der Waals surface area (Å²) in [6.45, 7) is -0.423. The Morgan fingerprint density at radius 2 is 1.81 bits per heavy atom. The standard InChI is InChI=1S/C12H10O3.Na/c13-12(14)8-15-11-7-3-5-9-4-1-2-6-10(9)11;/h1-7H,8H2,(H,13,14);/q;+1/p-1. The number of fused-ring (bicyclic) bond motifs is 1. The van der Waals surface area contributed by atoms with Gasteiger partial charge in [-0.25, -0.2) is 0 Å². The second-order valence-corrected chi connectivity index (χ2v) is 3.14. The summed E-state index contributed by atoms with van der Waals surface area (Å²) in [5.41, 5.74) is 0. The molecule has 0 radical (unpaired) electrons. The summed E-state index contributed by atoms with van der Waals surface area (Å²) < 4.78 is 5.12. The van der Waals surface area contributed by atoms with Gasteiger partial charge in [-0.1, -0.05) is 36.4 Å². The van der Waals surface area contributed by atoms with Crippen LogP contribution in [-0.4, -0.2) is 12.6 Å². The first-order valence-electron chi connectivity index (χ1n) is 4.58. The van der Waals surface area contributed by atoms with Crippen LogP contribution in [-0.2, 0) is 4.79 Å². The fraction of sp³-hybridized carbons (Fsp3) is 0.0833. The average Bonchev–Trinajstić information content (AvgIpc) is 2.26.